The van der Waals surface area contributed by atoms with Crippen molar-refractivity contribution in [3.05, 3.63) is 77.5 Å². The molecule has 0 saturated heterocycles. The summed E-state index contributed by atoms with van der Waals surface area (Å²) in [4.78, 5) is 4.37. The first-order chi connectivity index (χ1) is 11.1. The third-order valence-corrected chi connectivity index (χ3v) is 3.76. The number of aryl methyl sites for hydroxylation is 1. The second-order valence-electron chi connectivity index (χ2n) is 5.43. The van der Waals surface area contributed by atoms with E-state index in [0.717, 1.165) is 22.9 Å². The van der Waals surface area contributed by atoms with Gasteiger partial charge in [0.2, 0.25) is 0 Å². The Morgan fingerprint density at radius 1 is 0.913 bits per heavy atom. The summed E-state index contributed by atoms with van der Waals surface area (Å²) >= 11 is 0. The van der Waals surface area contributed by atoms with E-state index in [9.17, 15) is 8.78 Å². The van der Waals surface area contributed by atoms with Crippen LogP contribution in [0.4, 0.5) is 8.78 Å². The molecule has 0 atom stereocenters. The van der Waals surface area contributed by atoms with Crippen LogP contribution in [-0.4, -0.2) is 4.98 Å². The van der Waals surface area contributed by atoms with Crippen molar-refractivity contribution < 1.29 is 8.78 Å². The maximum absolute atomic E-state index is 14.0. The summed E-state index contributed by atoms with van der Waals surface area (Å²) in [7, 11) is 0. The van der Waals surface area contributed by atoms with Crippen LogP contribution in [0.25, 0.3) is 22.4 Å². The summed E-state index contributed by atoms with van der Waals surface area (Å²) in [6.07, 6.45) is 1.80. The molecule has 0 fully saturated rings. The molecule has 1 aromatic heterocycles. The van der Waals surface area contributed by atoms with Gasteiger partial charge in [-0.05, 0) is 30.2 Å². The lowest BCUT2D eigenvalue weighted by Crippen LogP contribution is -2.01. The molecule has 23 heavy (non-hydrogen) atoms. The average Bonchev–Trinajstić information content (AvgIpc) is 2.56. The van der Waals surface area contributed by atoms with E-state index in [1.165, 1.54) is 6.07 Å². The SMILES string of the molecule is Cc1ccc(-c2ccc(-c3cc(CN)c(F)cc3F)cc2)nc1. The topological polar surface area (TPSA) is 38.9 Å². The zero-order valence-electron chi connectivity index (χ0n) is 12.7. The standard InChI is InChI=1S/C19H16F2N2/c1-12-2-7-19(23-11-12)14-5-3-13(4-6-14)16-8-15(10-22)17(20)9-18(16)21/h2-9,11H,10,22H2,1H3. The molecule has 0 saturated carbocycles. The lowest BCUT2D eigenvalue weighted by atomic mass is 10.00. The molecular formula is C19H16F2N2. The van der Waals surface area contributed by atoms with E-state index >= 15 is 0 Å². The monoisotopic (exact) mass is 310 g/mol. The number of hydrogen-bond donors (Lipinski definition) is 1. The van der Waals surface area contributed by atoms with Gasteiger partial charge in [0, 0.05) is 35.5 Å². The summed E-state index contributed by atoms with van der Waals surface area (Å²) < 4.78 is 27.6. The van der Waals surface area contributed by atoms with Crippen molar-refractivity contribution in [3.63, 3.8) is 0 Å². The summed E-state index contributed by atoms with van der Waals surface area (Å²) in [5.74, 6) is -1.21. The summed E-state index contributed by atoms with van der Waals surface area (Å²) in [5.41, 5.74) is 9.69. The predicted octanol–water partition coefficient (Wildman–Crippen LogP) is 4.46. The minimum atomic E-state index is -0.616. The summed E-state index contributed by atoms with van der Waals surface area (Å²) in [6, 6.07) is 13.6. The van der Waals surface area contributed by atoms with Gasteiger partial charge in [-0.3, -0.25) is 4.98 Å². The van der Waals surface area contributed by atoms with Gasteiger partial charge in [-0.1, -0.05) is 30.3 Å². The highest BCUT2D eigenvalue weighted by Gasteiger charge is 2.11. The van der Waals surface area contributed by atoms with E-state index in [-0.39, 0.29) is 6.54 Å². The smallest absolute Gasteiger partial charge is 0.133 e. The normalized spacial score (nSPS) is 10.8. The molecule has 0 aliphatic heterocycles. The molecule has 0 radical (unpaired) electrons. The number of rotatable bonds is 3. The first kappa shape index (κ1) is 15.3. The second kappa shape index (κ2) is 6.26. The fourth-order valence-electron chi connectivity index (χ4n) is 2.43. The molecular weight excluding hydrogens is 294 g/mol. The van der Waals surface area contributed by atoms with Crippen LogP contribution in [0, 0.1) is 18.6 Å². The maximum atomic E-state index is 14.0. The van der Waals surface area contributed by atoms with Crippen molar-refractivity contribution in [1.29, 1.82) is 0 Å². The van der Waals surface area contributed by atoms with Crippen molar-refractivity contribution in [2.75, 3.05) is 0 Å². The third-order valence-electron chi connectivity index (χ3n) is 3.76. The quantitative estimate of drug-likeness (QED) is 0.775. The molecule has 3 rings (SSSR count). The van der Waals surface area contributed by atoms with Gasteiger partial charge < -0.3 is 5.73 Å². The van der Waals surface area contributed by atoms with Gasteiger partial charge in [0.25, 0.3) is 0 Å². The fourth-order valence-corrected chi connectivity index (χ4v) is 2.43. The van der Waals surface area contributed by atoms with Crippen LogP contribution in [0.1, 0.15) is 11.1 Å². The highest BCUT2D eigenvalue weighted by molar-refractivity contribution is 5.69. The number of aromatic nitrogens is 1. The first-order valence-corrected chi connectivity index (χ1v) is 7.30. The van der Waals surface area contributed by atoms with Gasteiger partial charge in [0.05, 0.1) is 5.69 Å². The first-order valence-electron chi connectivity index (χ1n) is 7.30. The Labute approximate surface area is 133 Å². The Hall–Kier alpha value is -2.59. The van der Waals surface area contributed by atoms with Crippen molar-refractivity contribution >= 4 is 0 Å². The highest BCUT2D eigenvalue weighted by Crippen LogP contribution is 2.28. The Bertz CT molecular complexity index is 825. The Balaban J connectivity index is 1.98. The van der Waals surface area contributed by atoms with Crippen LogP contribution in [0.5, 0.6) is 0 Å². The fraction of sp³-hybridized carbons (Fsp3) is 0.105. The number of benzene rings is 2. The lowest BCUT2D eigenvalue weighted by molar-refractivity contribution is 0.574. The van der Waals surface area contributed by atoms with Crippen LogP contribution >= 0.6 is 0 Å². The zero-order valence-corrected chi connectivity index (χ0v) is 12.7. The second-order valence-corrected chi connectivity index (χ2v) is 5.43. The zero-order chi connectivity index (χ0) is 16.4. The van der Waals surface area contributed by atoms with Crippen molar-refractivity contribution in [2.24, 2.45) is 5.73 Å². The Kier molecular flexibility index (Phi) is 4.17. The molecule has 2 aromatic carbocycles. The Morgan fingerprint density at radius 2 is 1.61 bits per heavy atom. The minimum absolute atomic E-state index is 0.0322. The molecule has 0 aliphatic rings. The molecule has 3 aromatic rings. The molecule has 0 unspecified atom stereocenters. The predicted molar refractivity (Wildman–Crippen MR) is 87.7 cm³/mol. The van der Waals surface area contributed by atoms with Gasteiger partial charge in [-0.25, -0.2) is 8.78 Å². The van der Waals surface area contributed by atoms with Crippen LogP contribution in [0.2, 0.25) is 0 Å². The number of nitrogens with two attached hydrogens (primary N) is 1. The molecule has 4 heteroatoms. The van der Waals surface area contributed by atoms with E-state index in [1.54, 1.807) is 18.3 Å². The third kappa shape index (κ3) is 3.12. The van der Waals surface area contributed by atoms with E-state index in [2.05, 4.69) is 4.98 Å². The maximum Gasteiger partial charge on any atom is 0.133 e. The molecule has 0 aliphatic carbocycles. The van der Waals surface area contributed by atoms with Gasteiger partial charge in [0.15, 0.2) is 0 Å². The molecule has 0 bridgehead atoms. The van der Waals surface area contributed by atoms with E-state index < -0.39 is 11.6 Å². The van der Waals surface area contributed by atoms with Gasteiger partial charge in [-0.15, -0.1) is 0 Å². The molecule has 0 spiro atoms. The van der Waals surface area contributed by atoms with Crippen molar-refractivity contribution in [1.82, 2.24) is 4.98 Å². The Morgan fingerprint density at radius 3 is 2.22 bits per heavy atom. The summed E-state index contributed by atoms with van der Waals surface area (Å²) in [5, 5.41) is 0. The van der Waals surface area contributed by atoms with Crippen molar-refractivity contribution in [3.8, 4) is 22.4 Å². The van der Waals surface area contributed by atoms with Gasteiger partial charge in [-0.2, -0.15) is 0 Å². The number of nitrogens with zero attached hydrogens (tertiary/aromatic N) is 1. The van der Waals surface area contributed by atoms with Crippen molar-refractivity contribution in [2.45, 2.75) is 13.5 Å². The minimum Gasteiger partial charge on any atom is -0.326 e. The molecule has 116 valence electrons. The molecule has 2 nitrogen and oxygen atoms in total. The number of halogens is 2. The summed E-state index contributed by atoms with van der Waals surface area (Å²) in [6.45, 7) is 2.01. The van der Waals surface area contributed by atoms with Gasteiger partial charge in [0.1, 0.15) is 11.6 Å². The molecule has 1 heterocycles. The van der Waals surface area contributed by atoms with Crippen LogP contribution in [-0.2, 0) is 6.54 Å². The van der Waals surface area contributed by atoms with Crippen LogP contribution in [0.15, 0.2) is 54.7 Å². The van der Waals surface area contributed by atoms with E-state index in [0.29, 0.717) is 16.7 Å². The average molecular weight is 310 g/mol. The number of hydrogen-bond acceptors (Lipinski definition) is 2. The van der Waals surface area contributed by atoms with Crippen LogP contribution < -0.4 is 5.73 Å². The lowest BCUT2D eigenvalue weighted by Gasteiger charge is -2.08. The number of pyridine rings is 1. The molecule has 2 N–H and O–H groups in total. The highest BCUT2D eigenvalue weighted by atomic mass is 19.1. The van der Waals surface area contributed by atoms with E-state index in [4.69, 9.17) is 5.73 Å². The van der Waals surface area contributed by atoms with E-state index in [1.807, 2.05) is 31.2 Å². The largest absolute Gasteiger partial charge is 0.326 e. The molecule has 0 amide bonds. The van der Waals surface area contributed by atoms with Gasteiger partial charge >= 0.3 is 0 Å². The van der Waals surface area contributed by atoms with Crippen LogP contribution in [0.3, 0.4) is 0 Å².